The molecule has 0 radical (unpaired) electrons. The SMILES string of the molecule is Cn1cnc2cc(-n3c4ccccc4c4ccc5c(c43)C(C)(C)c3ccccc3-5)ccc21. The molecular formula is C29H23N3. The van der Waals surface area contributed by atoms with Crippen molar-refractivity contribution in [2.24, 2.45) is 7.05 Å². The van der Waals surface area contributed by atoms with Crippen molar-refractivity contribution in [3.63, 3.8) is 0 Å². The minimum Gasteiger partial charge on any atom is -0.334 e. The van der Waals surface area contributed by atoms with Gasteiger partial charge in [0, 0.05) is 28.9 Å². The fourth-order valence-corrected chi connectivity index (χ4v) is 5.84. The zero-order chi connectivity index (χ0) is 21.6. The van der Waals surface area contributed by atoms with Crippen molar-refractivity contribution in [1.82, 2.24) is 14.1 Å². The molecule has 4 aromatic carbocycles. The van der Waals surface area contributed by atoms with E-state index in [1.807, 2.05) is 13.4 Å². The minimum absolute atomic E-state index is 0.0767. The fourth-order valence-electron chi connectivity index (χ4n) is 5.84. The van der Waals surface area contributed by atoms with Gasteiger partial charge in [-0.1, -0.05) is 68.4 Å². The van der Waals surface area contributed by atoms with Crippen molar-refractivity contribution >= 4 is 32.8 Å². The first-order chi connectivity index (χ1) is 15.6. The van der Waals surface area contributed by atoms with Crippen LogP contribution in [0.4, 0.5) is 0 Å². The monoisotopic (exact) mass is 413 g/mol. The third kappa shape index (κ3) is 2.08. The lowest BCUT2D eigenvalue weighted by Gasteiger charge is -2.23. The summed E-state index contributed by atoms with van der Waals surface area (Å²) in [6, 6.07) is 28.9. The average molecular weight is 414 g/mol. The Balaban J connectivity index is 1.67. The van der Waals surface area contributed by atoms with Gasteiger partial charge in [-0.3, -0.25) is 0 Å². The summed E-state index contributed by atoms with van der Waals surface area (Å²) >= 11 is 0. The molecule has 0 amide bonds. The second-order valence-electron chi connectivity index (χ2n) is 9.44. The van der Waals surface area contributed by atoms with E-state index in [9.17, 15) is 0 Å². The van der Waals surface area contributed by atoms with Gasteiger partial charge in [0.05, 0.1) is 28.4 Å². The predicted octanol–water partition coefficient (Wildman–Crippen LogP) is 6.98. The van der Waals surface area contributed by atoms with Crippen LogP contribution in [-0.4, -0.2) is 14.1 Å². The van der Waals surface area contributed by atoms with E-state index in [1.54, 1.807) is 0 Å². The van der Waals surface area contributed by atoms with Crippen LogP contribution in [0.1, 0.15) is 25.0 Å². The summed E-state index contributed by atoms with van der Waals surface area (Å²) in [4.78, 5) is 4.63. The zero-order valence-electron chi connectivity index (χ0n) is 18.4. The van der Waals surface area contributed by atoms with Crippen LogP contribution in [0.3, 0.4) is 0 Å². The molecule has 3 nitrogen and oxygen atoms in total. The Labute approximate surface area is 186 Å². The number of fused-ring (bicyclic) bond motifs is 8. The van der Waals surface area contributed by atoms with E-state index < -0.39 is 0 Å². The molecule has 1 aliphatic carbocycles. The van der Waals surface area contributed by atoms with E-state index >= 15 is 0 Å². The smallest absolute Gasteiger partial charge is 0.0955 e. The third-order valence-electron chi connectivity index (χ3n) is 7.32. The molecule has 0 fully saturated rings. The van der Waals surface area contributed by atoms with Gasteiger partial charge >= 0.3 is 0 Å². The molecular weight excluding hydrogens is 390 g/mol. The molecule has 7 rings (SSSR count). The highest BCUT2D eigenvalue weighted by atomic mass is 15.0. The lowest BCUT2D eigenvalue weighted by molar-refractivity contribution is 0.664. The van der Waals surface area contributed by atoms with E-state index in [4.69, 9.17) is 0 Å². The number of hydrogen-bond donors (Lipinski definition) is 0. The van der Waals surface area contributed by atoms with Gasteiger partial charge < -0.3 is 9.13 Å². The molecule has 2 heterocycles. The van der Waals surface area contributed by atoms with Gasteiger partial charge in [-0.05, 0) is 46.5 Å². The van der Waals surface area contributed by atoms with E-state index in [1.165, 1.54) is 44.1 Å². The van der Waals surface area contributed by atoms with E-state index in [2.05, 4.69) is 107 Å². The molecule has 0 N–H and O–H groups in total. The number of benzene rings is 4. The van der Waals surface area contributed by atoms with Gasteiger partial charge in [-0.15, -0.1) is 0 Å². The zero-order valence-corrected chi connectivity index (χ0v) is 18.4. The quantitative estimate of drug-likeness (QED) is 0.285. The van der Waals surface area contributed by atoms with E-state index in [-0.39, 0.29) is 5.41 Å². The normalized spacial score (nSPS) is 14.3. The van der Waals surface area contributed by atoms with Gasteiger partial charge in [-0.25, -0.2) is 4.98 Å². The van der Waals surface area contributed by atoms with Crippen LogP contribution in [0.2, 0.25) is 0 Å². The molecule has 0 spiro atoms. The molecule has 6 aromatic rings. The summed E-state index contributed by atoms with van der Waals surface area (Å²) < 4.78 is 4.52. The summed E-state index contributed by atoms with van der Waals surface area (Å²) in [5.41, 5.74) is 11.3. The predicted molar refractivity (Wildman–Crippen MR) is 133 cm³/mol. The van der Waals surface area contributed by atoms with Crippen LogP contribution in [-0.2, 0) is 12.5 Å². The minimum atomic E-state index is -0.0767. The maximum Gasteiger partial charge on any atom is 0.0955 e. The highest BCUT2D eigenvalue weighted by Gasteiger charge is 2.38. The molecule has 154 valence electrons. The molecule has 1 aliphatic rings. The van der Waals surface area contributed by atoms with E-state index in [0.717, 1.165) is 16.7 Å². The number of aromatic nitrogens is 3. The lowest BCUT2D eigenvalue weighted by Crippen LogP contribution is -2.16. The molecule has 2 aromatic heterocycles. The Morgan fingerprint density at radius 1 is 0.750 bits per heavy atom. The number of para-hydroxylation sites is 1. The molecule has 3 heteroatoms. The third-order valence-corrected chi connectivity index (χ3v) is 7.32. The number of aryl methyl sites for hydroxylation is 1. The molecule has 0 bridgehead atoms. The molecule has 0 atom stereocenters. The van der Waals surface area contributed by atoms with Gasteiger partial charge in [0.1, 0.15) is 0 Å². The van der Waals surface area contributed by atoms with Crippen molar-refractivity contribution in [3.05, 3.63) is 96.3 Å². The highest BCUT2D eigenvalue weighted by Crippen LogP contribution is 2.52. The van der Waals surface area contributed by atoms with Crippen molar-refractivity contribution < 1.29 is 0 Å². The van der Waals surface area contributed by atoms with Crippen LogP contribution in [0.5, 0.6) is 0 Å². The Kier molecular flexibility index (Phi) is 3.27. The van der Waals surface area contributed by atoms with Crippen LogP contribution in [0, 0.1) is 0 Å². The topological polar surface area (TPSA) is 22.8 Å². The number of hydrogen-bond acceptors (Lipinski definition) is 1. The van der Waals surface area contributed by atoms with Crippen LogP contribution < -0.4 is 0 Å². The average Bonchev–Trinajstić information content (AvgIpc) is 3.42. The Morgan fingerprint density at radius 3 is 2.47 bits per heavy atom. The lowest BCUT2D eigenvalue weighted by atomic mass is 9.81. The standard InChI is InChI=1S/C29H23N3/c1-29(2)23-10-6-4-8-19(23)21-13-14-22-20-9-5-7-11-25(20)32(28(22)27(21)29)18-12-15-26-24(16-18)30-17-31(26)3/h4-17H,1-3H3. The van der Waals surface area contributed by atoms with Crippen molar-refractivity contribution in [2.75, 3.05) is 0 Å². The van der Waals surface area contributed by atoms with Crippen molar-refractivity contribution in [2.45, 2.75) is 19.3 Å². The van der Waals surface area contributed by atoms with Gasteiger partial charge in [0.2, 0.25) is 0 Å². The Morgan fingerprint density at radius 2 is 1.56 bits per heavy atom. The summed E-state index contributed by atoms with van der Waals surface area (Å²) in [6.45, 7) is 4.72. The maximum atomic E-state index is 4.63. The summed E-state index contributed by atoms with van der Waals surface area (Å²) in [5, 5.41) is 2.60. The second-order valence-corrected chi connectivity index (χ2v) is 9.44. The first-order valence-corrected chi connectivity index (χ1v) is 11.1. The summed E-state index contributed by atoms with van der Waals surface area (Å²) in [6.07, 6.45) is 1.89. The van der Waals surface area contributed by atoms with E-state index in [0.29, 0.717) is 0 Å². The second kappa shape index (κ2) is 5.89. The van der Waals surface area contributed by atoms with Crippen LogP contribution >= 0.6 is 0 Å². The van der Waals surface area contributed by atoms with Gasteiger partial charge in [0.25, 0.3) is 0 Å². The Hall–Kier alpha value is -3.85. The Bertz CT molecular complexity index is 1710. The molecule has 0 saturated heterocycles. The van der Waals surface area contributed by atoms with Gasteiger partial charge in [-0.2, -0.15) is 0 Å². The molecule has 0 unspecified atom stereocenters. The number of rotatable bonds is 1. The van der Waals surface area contributed by atoms with Gasteiger partial charge in [0.15, 0.2) is 0 Å². The van der Waals surface area contributed by atoms with Crippen LogP contribution in [0.25, 0.3) is 49.7 Å². The molecule has 0 saturated carbocycles. The first-order valence-electron chi connectivity index (χ1n) is 11.1. The van der Waals surface area contributed by atoms with Crippen LogP contribution in [0.15, 0.2) is 85.2 Å². The summed E-state index contributed by atoms with van der Waals surface area (Å²) in [7, 11) is 2.04. The maximum absolute atomic E-state index is 4.63. The van der Waals surface area contributed by atoms with Crippen molar-refractivity contribution in [1.29, 1.82) is 0 Å². The fraction of sp³-hybridized carbons (Fsp3) is 0.138. The largest absolute Gasteiger partial charge is 0.334 e. The molecule has 0 aliphatic heterocycles. The number of nitrogens with zero attached hydrogens (tertiary/aromatic N) is 3. The molecule has 32 heavy (non-hydrogen) atoms. The first kappa shape index (κ1) is 17.8. The highest BCUT2D eigenvalue weighted by molar-refractivity contribution is 6.13. The number of imidazole rings is 1. The van der Waals surface area contributed by atoms with Crippen molar-refractivity contribution in [3.8, 4) is 16.8 Å². The summed E-state index contributed by atoms with van der Waals surface area (Å²) in [5.74, 6) is 0.